The van der Waals surface area contributed by atoms with Crippen LogP contribution in [0.1, 0.15) is 84.1 Å². The number of fused-ring (bicyclic) bond motifs is 2. The third-order valence-corrected chi connectivity index (χ3v) is 15.0. The zero-order valence-electron chi connectivity index (χ0n) is 23.9. The van der Waals surface area contributed by atoms with Crippen molar-refractivity contribution in [3.63, 3.8) is 0 Å². The topological polar surface area (TPSA) is 77.9 Å². The number of pyridine rings is 1. The zero-order valence-corrected chi connectivity index (χ0v) is 24.9. The molecule has 7 nitrogen and oxygen atoms in total. The molecule has 1 aliphatic carbocycles. The second kappa shape index (κ2) is 11.0. The van der Waals surface area contributed by atoms with E-state index in [1.807, 2.05) is 18.3 Å². The van der Waals surface area contributed by atoms with Crippen molar-refractivity contribution in [2.24, 2.45) is 11.7 Å². The second-order valence-corrected chi connectivity index (χ2v) is 17.7. The molecule has 1 aromatic carbocycles. The third kappa shape index (κ3) is 4.98. The smallest absolute Gasteiger partial charge is 0.231 e. The lowest BCUT2D eigenvalue weighted by molar-refractivity contribution is 0.176. The Kier molecular flexibility index (Phi) is 7.85. The van der Waals surface area contributed by atoms with Crippen LogP contribution in [-0.4, -0.2) is 42.6 Å². The summed E-state index contributed by atoms with van der Waals surface area (Å²) >= 11 is 0. The molecule has 3 atom stereocenters. The van der Waals surface area contributed by atoms with Gasteiger partial charge in [0.15, 0.2) is 14.0 Å². The number of nitrogens with zero attached hydrogens (tertiary/aromatic N) is 4. The molecule has 0 saturated carbocycles. The fraction of sp³-hybridized carbons (Fsp3) is 0.600. The lowest BCUT2D eigenvalue weighted by Crippen LogP contribution is -2.48. The standard InChI is InChI=1S/C30H45N5O2Si/c1-20(2)38(21(3)4,22(5)6)36-19-23-15-16-34(17-23)30-33-32-29-14-11-24(18-35(29)30)37-28-13-12-27(31)25-9-7-8-10-26(25)28/h7-11,14,18,20-23,27-28H,12-13,15-17,19,31H2,1-6H3/t23?,27-,28+/m0/s1. The fourth-order valence-electron chi connectivity index (χ4n) is 7.13. The molecule has 2 N–H and O–H groups in total. The molecule has 0 bridgehead atoms. The van der Waals surface area contributed by atoms with Crippen molar-refractivity contribution in [2.75, 3.05) is 24.6 Å². The van der Waals surface area contributed by atoms with Gasteiger partial charge in [0, 0.05) is 31.7 Å². The number of hydrogen-bond acceptors (Lipinski definition) is 6. The van der Waals surface area contributed by atoms with Crippen molar-refractivity contribution in [1.82, 2.24) is 14.6 Å². The molecular weight excluding hydrogens is 490 g/mol. The average molecular weight is 536 g/mol. The summed E-state index contributed by atoms with van der Waals surface area (Å²) < 4.78 is 15.5. The van der Waals surface area contributed by atoms with E-state index < -0.39 is 8.32 Å². The Hall–Kier alpha value is -2.42. The first-order valence-corrected chi connectivity index (χ1v) is 16.6. The van der Waals surface area contributed by atoms with Gasteiger partial charge in [0.2, 0.25) is 5.95 Å². The Labute approximate surface area is 228 Å². The van der Waals surface area contributed by atoms with Crippen LogP contribution in [0.3, 0.4) is 0 Å². The molecule has 0 amide bonds. The van der Waals surface area contributed by atoms with E-state index in [2.05, 4.69) is 85.3 Å². The van der Waals surface area contributed by atoms with Crippen LogP contribution in [0.15, 0.2) is 42.6 Å². The number of nitrogens with two attached hydrogens (primary N) is 1. The van der Waals surface area contributed by atoms with Crippen molar-refractivity contribution < 1.29 is 9.16 Å². The first kappa shape index (κ1) is 27.2. The van der Waals surface area contributed by atoms with Gasteiger partial charge >= 0.3 is 0 Å². The van der Waals surface area contributed by atoms with Gasteiger partial charge in [0.1, 0.15) is 11.9 Å². The van der Waals surface area contributed by atoms with Crippen LogP contribution in [0.25, 0.3) is 5.65 Å². The van der Waals surface area contributed by atoms with E-state index >= 15 is 0 Å². The highest BCUT2D eigenvalue weighted by Gasteiger charge is 2.45. The molecule has 38 heavy (non-hydrogen) atoms. The maximum atomic E-state index is 6.93. The highest BCUT2D eigenvalue weighted by atomic mass is 28.4. The highest BCUT2D eigenvalue weighted by Crippen LogP contribution is 2.43. The second-order valence-electron chi connectivity index (χ2n) is 12.2. The largest absolute Gasteiger partial charge is 0.484 e. The van der Waals surface area contributed by atoms with Gasteiger partial charge in [-0.15, -0.1) is 10.2 Å². The Morgan fingerprint density at radius 1 is 0.921 bits per heavy atom. The minimum Gasteiger partial charge on any atom is -0.484 e. The first-order valence-electron chi connectivity index (χ1n) is 14.5. The molecule has 2 aliphatic rings. The van der Waals surface area contributed by atoms with Crippen molar-refractivity contribution in [1.29, 1.82) is 0 Å². The molecule has 1 aliphatic heterocycles. The number of anilines is 1. The maximum absolute atomic E-state index is 6.93. The summed E-state index contributed by atoms with van der Waals surface area (Å²) in [5.74, 6) is 2.22. The number of benzene rings is 1. The van der Waals surface area contributed by atoms with Crippen LogP contribution >= 0.6 is 0 Å². The Morgan fingerprint density at radius 3 is 2.34 bits per heavy atom. The Bertz CT molecular complexity index is 1220. The van der Waals surface area contributed by atoms with Gasteiger partial charge in [-0.3, -0.25) is 4.40 Å². The molecule has 1 saturated heterocycles. The molecule has 2 aromatic heterocycles. The van der Waals surface area contributed by atoms with Gasteiger partial charge in [0.25, 0.3) is 0 Å². The Morgan fingerprint density at radius 2 is 1.63 bits per heavy atom. The Balaban J connectivity index is 1.30. The van der Waals surface area contributed by atoms with E-state index in [0.717, 1.165) is 56.3 Å². The third-order valence-electron chi connectivity index (χ3n) is 8.96. The van der Waals surface area contributed by atoms with Gasteiger partial charge in [-0.25, -0.2) is 0 Å². The van der Waals surface area contributed by atoms with Crippen LogP contribution in [0, 0.1) is 5.92 Å². The number of ether oxygens (including phenoxy) is 1. The molecule has 1 unspecified atom stereocenters. The van der Waals surface area contributed by atoms with Crippen LogP contribution in [0.4, 0.5) is 5.95 Å². The molecule has 8 heteroatoms. The monoisotopic (exact) mass is 535 g/mol. The molecule has 1 fully saturated rings. The van der Waals surface area contributed by atoms with Crippen LogP contribution in [0.2, 0.25) is 16.6 Å². The maximum Gasteiger partial charge on any atom is 0.231 e. The summed E-state index contributed by atoms with van der Waals surface area (Å²) in [6.45, 7) is 16.9. The van der Waals surface area contributed by atoms with Crippen molar-refractivity contribution in [3.8, 4) is 5.75 Å². The van der Waals surface area contributed by atoms with Gasteiger partial charge in [-0.05, 0) is 59.1 Å². The molecule has 206 valence electrons. The van der Waals surface area contributed by atoms with E-state index in [-0.39, 0.29) is 12.1 Å². The average Bonchev–Trinajstić information content (AvgIpc) is 3.52. The lowest BCUT2D eigenvalue weighted by atomic mass is 9.86. The molecule has 0 spiro atoms. The summed E-state index contributed by atoms with van der Waals surface area (Å²) in [7, 11) is -1.86. The summed E-state index contributed by atoms with van der Waals surface area (Å²) in [6.07, 6.45) is 4.99. The van der Waals surface area contributed by atoms with Gasteiger partial charge < -0.3 is 19.8 Å². The van der Waals surface area contributed by atoms with Crippen molar-refractivity contribution in [3.05, 3.63) is 53.7 Å². The quantitative estimate of drug-likeness (QED) is 0.309. The van der Waals surface area contributed by atoms with Gasteiger partial charge in [0.05, 0.1) is 6.20 Å². The normalized spacial score (nSPS) is 22.2. The molecule has 0 radical (unpaired) electrons. The van der Waals surface area contributed by atoms with E-state index in [4.69, 9.17) is 14.9 Å². The van der Waals surface area contributed by atoms with E-state index in [9.17, 15) is 0 Å². The van der Waals surface area contributed by atoms with Crippen molar-refractivity contribution >= 4 is 19.9 Å². The fourth-order valence-corrected chi connectivity index (χ4v) is 12.7. The number of rotatable bonds is 9. The van der Waals surface area contributed by atoms with Crippen molar-refractivity contribution in [2.45, 2.75) is 89.6 Å². The number of aromatic nitrogens is 3. The van der Waals surface area contributed by atoms with E-state index in [1.165, 1.54) is 11.1 Å². The summed E-state index contributed by atoms with van der Waals surface area (Å²) in [5.41, 5.74) is 11.4. The zero-order chi connectivity index (χ0) is 27.0. The minimum absolute atomic E-state index is 0.00371. The molecule has 3 aromatic rings. The van der Waals surface area contributed by atoms with Crippen LogP contribution in [-0.2, 0) is 4.43 Å². The number of hydrogen-bond donors (Lipinski definition) is 1. The van der Waals surface area contributed by atoms with Crippen LogP contribution in [0.5, 0.6) is 5.75 Å². The lowest BCUT2D eigenvalue weighted by Gasteiger charge is -2.42. The molecule has 5 rings (SSSR count). The summed E-state index contributed by atoms with van der Waals surface area (Å²) in [4.78, 5) is 2.36. The summed E-state index contributed by atoms with van der Waals surface area (Å²) in [5, 5.41) is 9.03. The predicted molar refractivity (Wildman–Crippen MR) is 156 cm³/mol. The predicted octanol–water partition coefficient (Wildman–Crippen LogP) is 6.66. The van der Waals surface area contributed by atoms with Gasteiger partial charge in [-0.1, -0.05) is 65.8 Å². The molecular formula is C30H45N5O2Si. The highest BCUT2D eigenvalue weighted by molar-refractivity contribution is 6.77. The van der Waals surface area contributed by atoms with E-state index in [1.54, 1.807) is 0 Å². The minimum atomic E-state index is -1.86. The first-order chi connectivity index (χ1) is 18.2. The van der Waals surface area contributed by atoms with Crippen LogP contribution < -0.4 is 15.4 Å². The SMILES string of the molecule is CC(C)[Si](OCC1CCN(c2nnc3ccc(O[C@@H]4CC[C@H](N)c5ccccc54)cn23)C1)(C(C)C)C(C)C. The molecule has 3 heterocycles. The summed E-state index contributed by atoms with van der Waals surface area (Å²) in [6, 6.07) is 12.5. The van der Waals surface area contributed by atoms with Gasteiger partial charge in [-0.2, -0.15) is 0 Å². The van der Waals surface area contributed by atoms with E-state index in [0.29, 0.717) is 22.5 Å².